The molecule has 0 aliphatic carbocycles. The predicted molar refractivity (Wildman–Crippen MR) is 81.6 cm³/mol. The molecule has 8 heteroatoms. The van der Waals surface area contributed by atoms with E-state index in [-0.39, 0.29) is 17.1 Å². The zero-order chi connectivity index (χ0) is 17.4. The van der Waals surface area contributed by atoms with E-state index in [1.54, 1.807) is 6.92 Å². The van der Waals surface area contributed by atoms with E-state index in [1.165, 1.54) is 23.7 Å². The van der Waals surface area contributed by atoms with Crippen molar-refractivity contribution in [3.05, 3.63) is 35.4 Å². The molecule has 4 nitrogen and oxygen atoms in total. The maximum Gasteiger partial charge on any atom is 0.354 e. The van der Waals surface area contributed by atoms with E-state index < -0.39 is 23.5 Å². The molecule has 1 aromatic heterocycles. The number of carbonyl (C=O) groups is 1. The molecule has 23 heavy (non-hydrogen) atoms. The molecule has 0 fully saturated rings. The molecule has 0 saturated heterocycles. The summed E-state index contributed by atoms with van der Waals surface area (Å²) >= 11 is 0.920. The minimum absolute atomic E-state index is 0.0764. The van der Waals surface area contributed by atoms with Crippen molar-refractivity contribution in [3.63, 3.8) is 0 Å². The van der Waals surface area contributed by atoms with Crippen molar-refractivity contribution in [1.82, 2.24) is 9.55 Å². The van der Waals surface area contributed by atoms with Crippen LogP contribution >= 0.6 is 11.8 Å². The SMILES string of the molecule is Cc1cc(F)c(-c2ncc(C(=O)O)n2C)cc1SCC(C)(F)F. The second-order valence-corrected chi connectivity index (χ2v) is 6.30. The van der Waals surface area contributed by atoms with E-state index in [2.05, 4.69) is 4.98 Å². The van der Waals surface area contributed by atoms with Gasteiger partial charge in [0.05, 0.1) is 17.5 Å². The average molecular weight is 344 g/mol. The Morgan fingerprint density at radius 2 is 2.09 bits per heavy atom. The van der Waals surface area contributed by atoms with Crippen LogP contribution in [0.1, 0.15) is 23.0 Å². The topological polar surface area (TPSA) is 55.1 Å². The lowest BCUT2D eigenvalue weighted by Gasteiger charge is -2.13. The number of nitrogens with zero attached hydrogens (tertiary/aromatic N) is 2. The summed E-state index contributed by atoms with van der Waals surface area (Å²) in [6.07, 6.45) is 1.13. The van der Waals surface area contributed by atoms with Crippen molar-refractivity contribution < 1.29 is 23.1 Å². The summed E-state index contributed by atoms with van der Waals surface area (Å²) < 4.78 is 41.5. The van der Waals surface area contributed by atoms with Crippen molar-refractivity contribution in [2.45, 2.75) is 24.7 Å². The summed E-state index contributed by atoms with van der Waals surface area (Å²) in [7, 11) is 1.46. The lowest BCUT2D eigenvalue weighted by Crippen LogP contribution is -2.13. The van der Waals surface area contributed by atoms with E-state index in [0.29, 0.717) is 10.5 Å². The van der Waals surface area contributed by atoms with Crippen LogP contribution in [0, 0.1) is 12.7 Å². The fourth-order valence-corrected chi connectivity index (χ4v) is 2.94. The molecule has 0 amide bonds. The molecule has 0 unspecified atom stereocenters. The van der Waals surface area contributed by atoms with E-state index >= 15 is 0 Å². The molecule has 1 N–H and O–H groups in total. The number of hydrogen-bond donors (Lipinski definition) is 1. The number of rotatable bonds is 5. The average Bonchev–Trinajstić information content (AvgIpc) is 2.78. The highest BCUT2D eigenvalue weighted by Crippen LogP contribution is 2.33. The summed E-state index contributed by atoms with van der Waals surface area (Å²) in [6.45, 7) is 2.45. The Morgan fingerprint density at radius 1 is 1.43 bits per heavy atom. The van der Waals surface area contributed by atoms with Crippen LogP contribution in [0.25, 0.3) is 11.4 Å². The predicted octanol–water partition coefficient (Wildman–Crippen LogP) is 3.98. The zero-order valence-electron chi connectivity index (χ0n) is 12.7. The van der Waals surface area contributed by atoms with Gasteiger partial charge in [-0.1, -0.05) is 0 Å². The molecular formula is C15H15F3N2O2S. The van der Waals surface area contributed by atoms with Gasteiger partial charge in [0.2, 0.25) is 0 Å². The molecule has 0 aliphatic rings. The summed E-state index contributed by atoms with van der Waals surface area (Å²) in [4.78, 5) is 15.5. The second kappa shape index (κ2) is 6.27. The number of carboxylic acids is 1. The number of imidazole rings is 1. The number of carboxylic acid groups (broad SMARTS) is 1. The number of benzene rings is 1. The highest BCUT2D eigenvalue weighted by atomic mass is 32.2. The Bertz CT molecular complexity index is 754. The van der Waals surface area contributed by atoms with Crippen LogP contribution in [0.4, 0.5) is 13.2 Å². The molecule has 0 spiro atoms. The number of halogens is 3. The monoisotopic (exact) mass is 344 g/mol. The number of aromatic carboxylic acids is 1. The van der Waals surface area contributed by atoms with E-state index in [1.807, 2.05) is 0 Å². The largest absolute Gasteiger partial charge is 0.477 e. The van der Waals surface area contributed by atoms with Crippen molar-refractivity contribution in [3.8, 4) is 11.4 Å². The molecule has 0 saturated carbocycles. The van der Waals surface area contributed by atoms with E-state index in [4.69, 9.17) is 5.11 Å². The summed E-state index contributed by atoms with van der Waals surface area (Å²) in [5, 5.41) is 9.03. The zero-order valence-corrected chi connectivity index (χ0v) is 13.5. The minimum Gasteiger partial charge on any atom is -0.477 e. The van der Waals surface area contributed by atoms with Crippen LogP contribution in [0.15, 0.2) is 23.2 Å². The molecular weight excluding hydrogens is 329 g/mol. The third kappa shape index (κ3) is 3.87. The maximum atomic E-state index is 14.2. The van der Waals surface area contributed by atoms with Crippen LogP contribution in [0.2, 0.25) is 0 Å². The summed E-state index contributed by atoms with van der Waals surface area (Å²) in [5.41, 5.74) is 0.523. The van der Waals surface area contributed by atoms with Crippen LogP contribution in [-0.4, -0.2) is 32.3 Å². The highest BCUT2D eigenvalue weighted by Gasteiger charge is 2.23. The smallest absolute Gasteiger partial charge is 0.354 e. The standard InChI is InChI=1S/C15H15F3N2O2S/c1-8-4-10(16)9(5-12(8)23-7-15(2,17)18)13-19-6-11(14(21)22)20(13)3/h4-6H,7H2,1-3H3,(H,21,22). The lowest BCUT2D eigenvalue weighted by atomic mass is 10.1. The van der Waals surface area contributed by atoms with Gasteiger partial charge in [0.1, 0.15) is 17.3 Å². The first kappa shape index (κ1) is 17.4. The van der Waals surface area contributed by atoms with Crippen LogP contribution in [0.3, 0.4) is 0 Å². The van der Waals surface area contributed by atoms with Gasteiger partial charge < -0.3 is 9.67 Å². The molecule has 2 aromatic rings. The molecule has 1 aromatic carbocycles. The van der Waals surface area contributed by atoms with Crippen LogP contribution < -0.4 is 0 Å². The van der Waals surface area contributed by atoms with Crippen LogP contribution in [0.5, 0.6) is 0 Å². The highest BCUT2D eigenvalue weighted by molar-refractivity contribution is 7.99. The number of alkyl halides is 2. The Labute approximate surface area is 135 Å². The third-order valence-electron chi connectivity index (χ3n) is 3.19. The molecule has 2 rings (SSSR count). The van der Waals surface area contributed by atoms with Gasteiger partial charge in [0.25, 0.3) is 5.92 Å². The minimum atomic E-state index is -2.84. The summed E-state index contributed by atoms with van der Waals surface area (Å²) in [6, 6.07) is 2.66. The first-order valence-electron chi connectivity index (χ1n) is 6.66. The molecule has 0 atom stereocenters. The maximum absolute atomic E-state index is 14.2. The number of hydrogen-bond acceptors (Lipinski definition) is 3. The molecule has 0 bridgehead atoms. The number of aryl methyl sites for hydroxylation is 1. The number of aromatic nitrogens is 2. The first-order chi connectivity index (χ1) is 10.6. The molecule has 1 heterocycles. The van der Waals surface area contributed by atoms with Gasteiger partial charge in [-0.3, -0.25) is 0 Å². The van der Waals surface area contributed by atoms with Crippen molar-refractivity contribution in [2.75, 3.05) is 5.75 Å². The molecule has 0 aliphatic heterocycles. The van der Waals surface area contributed by atoms with Crippen molar-refractivity contribution in [2.24, 2.45) is 7.05 Å². The quantitative estimate of drug-likeness (QED) is 0.834. The molecule has 0 radical (unpaired) electrons. The van der Waals surface area contributed by atoms with Gasteiger partial charge in [-0.05, 0) is 24.6 Å². The summed E-state index contributed by atoms with van der Waals surface area (Å²) in [5.74, 6) is -4.91. The van der Waals surface area contributed by atoms with Gasteiger partial charge in [-0.15, -0.1) is 11.8 Å². The van der Waals surface area contributed by atoms with Crippen molar-refractivity contribution >= 4 is 17.7 Å². The normalized spacial score (nSPS) is 11.7. The fourth-order valence-electron chi connectivity index (χ4n) is 2.04. The fraction of sp³-hybridized carbons (Fsp3) is 0.333. The Hall–Kier alpha value is -1.96. The Balaban J connectivity index is 2.45. The van der Waals surface area contributed by atoms with E-state index in [0.717, 1.165) is 24.9 Å². The Morgan fingerprint density at radius 3 is 2.61 bits per heavy atom. The molecule has 124 valence electrons. The van der Waals surface area contributed by atoms with Crippen LogP contribution in [-0.2, 0) is 7.05 Å². The Kier molecular flexibility index (Phi) is 4.74. The van der Waals surface area contributed by atoms with Crippen molar-refractivity contribution in [1.29, 1.82) is 0 Å². The van der Waals surface area contributed by atoms with Gasteiger partial charge in [-0.2, -0.15) is 0 Å². The van der Waals surface area contributed by atoms with Gasteiger partial charge in [-0.25, -0.2) is 22.9 Å². The van der Waals surface area contributed by atoms with E-state index in [9.17, 15) is 18.0 Å². The third-order valence-corrected chi connectivity index (χ3v) is 4.60. The van der Waals surface area contributed by atoms with Gasteiger partial charge in [0.15, 0.2) is 0 Å². The lowest BCUT2D eigenvalue weighted by molar-refractivity contribution is 0.0492. The second-order valence-electron chi connectivity index (χ2n) is 5.29. The first-order valence-corrected chi connectivity index (χ1v) is 7.65. The number of thioether (sulfide) groups is 1. The van der Waals surface area contributed by atoms with Gasteiger partial charge in [0, 0.05) is 18.9 Å². The van der Waals surface area contributed by atoms with Gasteiger partial charge >= 0.3 is 5.97 Å².